The van der Waals surface area contributed by atoms with Crippen LogP contribution in [0.5, 0.6) is 0 Å². The highest BCUT2D eigenvalue weighted by molar-refractivity contribution is 7.99. The molecule has 0 aliphatic carbocycles. The molecule has 1 aromatic rings. The van der Waals surface area contributed by atoms with Gasteiger partial charge in [-0.1, -0.05) is 0 Å². The van der Waals surface area contributed by atoms with Crippen LogP contribution in [0.4, 0.5) is 5.82 Å². The summed E-state index contributed by atoms with van der Waals surface area (Å²) in [5.74, 6) is 1.54. The topological polar surface area (TPSA) is 79.3 Å². The van der Waals surface area contributed by atoms with Gasteiger partial charge in [0.1, 0.15) is 6.04 Å². The van der Waals surface area contributed by atoms with Gasteiger partial charge in [-0.2, -0.15) is 5.10 Å². The molecule has 0 saturated carbocycles. The van der Waals surface area contributed by atoms with E-state index in [0.29, 0.717) is 23.5 Å². The number of aromatic nitrogens is 2. The van der Waals surface area contributed by atoms with E-state index in [1.807, 2.05) is 10.9 Å². The lowest BCUT2D eigenvalue weighted by atomic mass is 10.2. The van der Waals surface area contributed by atoms with Gasteiger partial charge in [0.05, 0.1) is 11.9 Å². The summed E-state index contributed by atoms with van der Waals surface area (Å²) in [6.07, 6.45) is 2.94. The third-order valence-corrected chi connectivity index (χ3v) is 4.87. The van der Waals surface area contributed by atoms with Crippen molar-refractivity contribution in [3.05, 3.63) is 12.3 Å². The van der Waals surface area contributed by atoms with Crippen molar-refractivity contribution in [1.29, 1.82) is 0 Å². The van der Waals surface area contributed by atoms with E-state index in [1.54, 1.807) is 22.7 Å². The van der Waals surface area contributed by atoms with Crippen LogP contribution in [0.15, 0.2) is 12.3 Å². The predicted molar refractivity (Wildman–Crippen MR) is 81.0 cm³/mol. The standard InChI is InChI=1S/C13H19N5O2S/c1-9(19)17-8-21-7-11(17)13(20)15-12-3-5-18(16-12)10-2-4-14-6-10/h3,5,10-11,14H,2,4,6-8H2,1H3,(H,15,16,20)/t10-,11+/m0/s1. The monoisotopic (exact) mass is 309 g/mol. The molecule has 2 fully saturated rings. The molecule has 2 atom stereocenters. The average Bonchev–Trinajstić information content (AvgIpc) is 3.19. The number of hydrogen-bond donors (Lipinski definition) is 2. The molecule has 0 bridgehead atoms. The van der Waals surface area contributed by atoms with Gasteiger partial charge < -0.3 is 15.5 Å². The molecular weight excluding hydrogens is 290 g/mol. The van der Waals surface area contributed by atoms with E-state index < -0.39 is 6.04 Å². The fourth-order valence-corrected chi connectivity index (χ4v) is 3.87. The fourth-order valence-electron chi connectivity index (χ4n) is 2.65. The lowest BCUT2D eigenvalue weighted by Crippen LogP contribution is -2.43. The smallest absolute Gasteiger partial charge is 0.249 e. The van der Waals surface area contributed by atoms with Crippen LogP contribution >= 0.6 is 11.8 Å². The van der Waals surface area contributed by atoms with Crippen molar-refractivity contribution in [2.24, 2.45) is 0 Å². The number of thioether (sulfide) groups is 1. The average molecular weight is 309 g/mol. The van der Waals surface area contributed by atoms with Crippen molar-refractivity contribution in [2.75, 3.05) is 30.0 Å². The lowest BCUT2D eigenvalue weighted by molar-refractivity contribution is -0.134. The van der Waals surface area contributed by atoms with Gasteiger partial charge in [-0.05, 0) is 13.0 Å². The molecule has 3 rings (SSSR count). The van der Waals surface area contributed by atoms with Crippen molar-refractivity contribution in [1.82, 2.24) is 20.0 Å². The quantitative estimate of drug-likeness (QED) is 0.838. The number of nitrogens with zero attached hydrogens (tertiary/aromatic N) is 3. The maximum absolute atomic E-state index is 12.3. The van der Waals surface area contributed by atoms with E-state index in [1.165, 1.54) is 6.92 Å². The second-order valence-electron chi connectivity index (χ2n) is 5.32. The minimum atomic E-state index is -0.397. The molecular formula is C13H19N5O2S. The van der Waals surface area contributed by atoms with Crippen LogP contribution in [0.2, 0.25) is 0 Å². The maximum atomic E-state index is 12.3. The first-order valence-corrected chi connectivity index (χ1v) is 8.22. The Hall–Kier alpha value is -1.54. The fraction of sp³-hybridized carbons (Fsp3) is 0.615. The Labute approximate surface area is 127 Å². The normalized spacial score (nSPS) is 25.3. The molecule has 7 nitrogen and oxygen atoms in total. The molecule has 2 aliphatic rings. The third-order valence-electron chi connectivity index (χ3n) is 3.86. The van der Waals surface area contributed by atoms with E-state index in [9.17, 15) is 9.59 Å². The molecule has 0 unspecified atom stereocenters. The molecule has 3 heterocycles. The SMILES string of the molecule is CC(=O)N1CSC[C@@H]1C(=O)Nc1ccn([C@H]2CCNC2)n1. The minimum absolute atomic E-state index is 0.0669. The predicted octanol–water partition coefficient (Wildman–Crippen LogP) is 0.277. The van der Waals surface area contributed by atoms with Crippen molar-refractivity contribution >= 4 is 29.4 Å². The minimum Gasteiger partial charge on any atom is -0.321 e. The summed E-state index contributed by atoms with van der Waals surface area (Å²) in [7, 11) is 0. The molecule has 8 heteroatoms. The van der Waals surface area contributed by atoms with Gasteiger partial charge in [0.25, 0.3) is 0 Å². The van der Waals surface area contributed by atoms with Crippen molar-refractivity contribution in [2.45, 2.75) is 25.4 Å². The van der Waals surface area contributed by atoms with Crippen LogP contribution < -0.4 is 10.6 Å². The molecule has 2 amide bonds. The Morgan fingerprint density at radius 2 is 2.38 bits per heavy atom. The van der Waals surface area contributed by atoms with Crippen molar-refractivity contribution in [3.63, 3.8) is 0 Å². The Kier molecular flexibility index (Phi) is 4.16. The van der Waals surface area contributed by atoms with Gasteiger partial charge in [-0.3, -0.25) is 14.3 Å². The summed E-state index contributed by atoms with van der Waals surface area (Å²) in [4.78, 5) is 25.4. The van der Waals surface area contributed by atoms with Gasteiger partial charge in [-0.15, -0.1) is 11.8 Å². The Bertz CT molecular complexity index is 540. The number of anilines is 1. The first kappa shape index (κ1) is 14.4. The maximum Gasteiger partial charge on any atom is 0.249 e. The zero-order valence-electron chi connectivity index (χ0n) is 11.9. The van der Waals surface area contributed by atoms with Gasteiger partial charge in [0.2, 0.25) is 11.8 Å². The molecule has 21 heavy (non-hydrogen) atoms. The van der Waals surface area contributed by atoms with Crippen LogP contribution in [0, 0.1) is 0 Å². The third kappa shape index (κ3) is 3.06. The second kappa shape index (κ2) is 6.07. The lowest BCUT2D eigenvalue weighted by Gasteiger charge is -2.20. The number of carbonyl (C=O) groups excluding carboxylic acids is 2. The van der Waals surface area contributed by atoms with E-state index in [0.717, 1.165) is 19.5 Å². The second-order valence-corrected chi connectivity index (χ2v) is 6.32. The van der Waals surface area contributed by atoms with Crippen molar-refractivity contribution in [3.8, 4) is 0 Å². The first-order chi connectivity index (χ1) is 10.1. The summed E-state index contributed by atoms with van der Waals surface area (Å²) < 4.78 is 1.89. The summed E-state index contributed by atoms with van der Waals surface area (Å²) >= 11 is 1.59. The van der Waals surface area contributed by atoms with Crippen LogP contribution in [-0.2, 0) is 9.59 Å². The van der Waals surface area contributed by atoms with Gasteiger partial charge in [0.15, 0.2) is 5.82 Å². The number of carbonyl (C=O) groups is 2. The molecule has 0 aromatic carbocycles. The molecule has 2 N–H and O–H groups in total. The Morgan fingerprint density at radius 3 is 3.10 bits per heavy atom. The molecule has 114 valence electrons. The number of hydrogen-bond acceptors (Lipinski definition) is 5. The number of nitrogens with one attached hydrogen (secondary N) is 2. The van der Waals surface area contributed by atoms with Crippen LogP contribution in [0.1, 0.15) is 19.4 Å². The van der Waals surface area contributed by atoms with Gasteiger partial charge in [0, 0.05) is 31.5 Å². The zero-order chi connectivity index (χ0) is 14.8. The molecule has 2 aliphatic heterocycles. The molecule has 2 saturated heterocycles. The van der Waals surface area contributed by atoms with Crippen molar-refractivity contribution < 1.29 is 9.59 Å². The summed E-state index contributed by atoms with van der Waals surface area (Å²) in [6.45, 7) is 3.40. The molecule has 1 aromatic heterocycles. The summed E-state index contributed by atoms with van der Waals surface area (Å²) in [6, 6.07) is 1.76. The highest BCUT2D eigenvalue weighted by atomic mass is 32.2. The highest BCUT2D eigenvalue weighted by Crippen LogP contribution is 2.22. The number of rotatable bonds is 3. The first-order valence-electron chi connectivity index (χ1n) is 7.07. The summed E-state index contributed by atoms with van der Waals surface area (Å²) in [5, 5.41) is 10.5. The van der Waals surface area contributed by atoms with Crippen LogP contribution in [-0.4, -0.2) is 57.3 Å². The number of amides is 2. The Morgan fingerprint density at radius 1 is 1.52 bits per heavy atom. The molecule has 0 spiro atoms. The van der Waals surface area contributed by atoms with E-state index in [2.05, 4.69) is 15.7 Å². The van der Waals surface area contributed by atoms with Crippen LogP contribution in [0.3, 0.4) is 0 Å². The van der Waals surface area contributed by atoms with Gasteiger partial charge >= 0.3 is 0 Å². The zero-order valence-corrected chi connectivity index (χ0v) is 12.7. The van der Waals surface area contributed by atoms with E-state index in [4.69, 9.17) is 0 Å². The molecule has 0 radical (unpaired) electrons. The van der Waals surface area contributed by atoms with E-state index in [-0.39, 0.29) is 11.8 Å². The van der Waals surface area contributed by atoms with E-state index >= 15 is 0 Å². The largest absolute Gasteiger partial charge is 0.321 e. The van der Waals surface area contributed by atoms with Gasteiger partial charge in [-0.25, -0.2) is 0 Å². The highest BCUT2D eigenvalue weighted by Gasteiger charge is 2.33. The Balaban J connectivity index is 1.63. The van der Waals surface area contributed by atoms with Crippen LogP contribution in [0.25, 0.3) is 0 Å². The summed E-state index contributed by atoms with van der Waals surface area (Å²) in [5.41, 5.74) is 0.